The van der Waals surface area contributed by atoms with Crippen LogP contribution in [0.5, 0.6) is 0 Å². The molecular weight excluding hydrogens is 296 g/mol. The van der Waals surface area contributed by atoms with E-state index in [1.54, 1.807) is 6.07 Å². The van der Waals surface area contributed by atoms with Gasteiger partial charge >= 0.3 is 6.03 Å². The molecule has 2 aromatic carbocycles. The van der Waals surface area contributed by atoms with Crippen LogP contribution in [-0.2, 0) is 0 Å². The molecular formula is C14H11F2N3OS. The molecule has 0 heterocycles. The van der Waals surface area contributed by atoms with Crippen molar-refractivity contribution in [1.29, 1.82) is 0 Å². The maximum absolute atomic E-state index is 13.4. The van der Waals surface area contributed by atoms with Gasteiger partial charge in [0, 0.05) is 11.3 Å². The van der Waals surface area contributed by atoms with E-state index in [1.807, 2.05) is 0 Å². The molecule has 0 saturated carbocycles. The predicted octanol–water partition coefficient (Wildman–Crippen LogP) is 3.24. The maximum Gasteiger partial charge on any atom is 0.323 e. The Balaban J connectivity index is 2.12. The molecule has 2 rings (SSSR count). The molecule has 0 atom stereocenters. The molecule has 0 aliphatic carbocycles. The third-order valence-corrected chi connectivity index (χ3v) is 2.83. The smallest absolute Gasteiger partial charge is 0.323 e. The van der Waals surface area contributed by atoms with Crippen LogP contribution in [-0.4, -0.2) is 11.0 Å². The van der Waals surface area contributed by atoms with Gasteiger partial charge in [-0.3, -0.25) is 0 Å². The first-order valence-corrected chi connectivity index (χ1v) is 6.30. The summed E-state index contributed by atoms with van der Waals surface area (Å²) in [4.78, 5) is 11.6. The normalized spacial score (nSPS) is 10.0. The van der Waals surface area contributed by atoms with Crippen LogP contribution in [0.3, 0.4) is 0 Å². The van der Waals surface area contributed by atoms with Crippen LogP contribution >= 0.6 is 12.2 Å². The predicted molar refractivity (Wildman–Crippen MR) is 81.3 cm³/mol. The van der Waals surface area contributed by atoms with Crippen molar-refractivity contribution in [2.24, 2.45) is 5.73 Å². The first kappa shape index (κ1) is 14.9. The number of carbonyl (C=O) groups is 1. The number of hydrogen-bond donors (Lipinski definition) is 3. The number of amides is 2. The molecule has 0 saturated heterocycles. The Morgan fingerprint density at radius 3 is 2.43 bits per heavy atom. The lowest BCUT2D eigenvalue weighted by molar-refractivity contribution is 0.262. The lowest BCUT2D eigenvalue weighted by atomic mass is 10.2. The SMILES string of the molecule is NC(=S)c1cc(NC(=O)Nc2ccccc2F)ccc1F. The fraction of sp³-hybridized carbons (Fsp3) is 0. The Bertz CT molecular complexity index is 706. The van der Waals surface area contributed by atoms with E-state index in [0.29, 0.717) is 0 Å². The van der Waals surface area contributed by atoms with Gasteiger partial charge in [0.15, 0.2) is 0 Å². The number of para-hydroxylation sites is 1. The molecule has 0 bridgehead atoms. The number of carbonyl (C=O) groups excluding carboxylic acids is 1. The average molecular weight is 307 g/mol. The van der Waals surface area contributed by atoms with Gasteiger partial charge in [-0.2, -0.15) is 0 Å². The van der Waals surface area contributed by atoms with Gasteiger partial charge in [-0.1, -0.05) is 24.4 Å². The van der Waals surface area contributed by atoms with Crippen LogP contribution in [0.4, 0.5) is 25.0 Å². The largest absolute Gasteiger partial charge is 0.389 e. The van der Waals surface area contributed by atoms with Crippen molar-refractivity contribution in [2.75, 3.05) is 10.6 Å². The highest BCUT2D eigenvalue weighted by Gasteiger charge is 2.09. The Morgan fingerprint density at radius 2 is 1.76 bits per heavy atom. The van der Waals surface area contributed by atoms with Crippen LogP contribution < -0.4 is 16.4 Å². The Hall–Kier alpha value is -2.54. The number of nitrogens with one attached hydrogen (secondary N) is 2. The second kappa shape index (κ2) is 6.27. The van der Waals surface area contributed by atoms with Gasteiger partial charge in [-0.05, 0) is 30.3 Å². The van der Waals surface area contributed by atoms with Gasteiger partial charge in [0.2, 0.25) is 0 Å². The van der Waals surface area contributed by atoms with E-state index in [0.717, 1.165) is 6.07 Å². The Kier molecular flexibility index (Phi) is 4.44. The highest BCUT2D eigenvalue weighted by molar-refractivity contribution is 7.80. The summed E-state index contributed by atoms with van der Waals surface area (Å²) >= 11 is 4.70. The molecule has 0 aromatic heterocycles. The summed E-state index contributed by atoms with van der Waals surface area (Å²) in [5, 5.41) is 4.78. The van der Waals surface area contributed by atoms with E-state index in [1.165, 1.54) is 30.3 Å². The highest BCUT2D eigenvalue weighted by atomic mass is 32.1. The molecule has 2 aromatic rings. The third-order valence-electron chi connectivity index (χ3n) is 2.61. The van der Waals surface area contributed by atoms with Gasteiger partial charge < -0.3 is 16.4 Å². The highest BCUT2D eigenvalue weighted by Crippen LogP contribution is 2.16. The lowest BCUT2D eigenvalue weighted by Gasteiger charge is -2.09. The third kappa shape index (κ3) is 3.73. The van der Waals surface area contributed by atoms with Gasteiger partial charge in [0.05, 0.1) is 5.69 Å². The minimum Gasteiger partial charge on any atom is -0.389 e. The summed E-state index contributed by atoms with van der Waals surface area (Å²) in [5.41, 5.74) is 5.71. The minimum absolute atomic E-state index is 0.0219. The molecule has 0 spiro atoms. The van der Waals surface area contributed by atoms with Crippen molar-refractivity contribution < 1.29 is 13.6 Å². The summed E-state index contributed by atoms with van der Waals surface area (Å²) in [6.45, 7) is 0. The lowest BCUT2D eigenvalue weighted by Crippen LogP contribution is -2.21. The first-order valence-electron chi connectivity index (χ1n) is 5.89. The summed E-state index contributed by atoms with van der Waals surface area (Å²) < 4.78 is 26.8. The maximum atomic E-state index is 13.4. The number of rotatable bonds is 3. The Labute approximate surface area is 125 Å². The molecule has 21 heavy (non-hydrogen) atoms. The first-order chi connectivity index (χ1) is 9.97. The van der Waals surface area contributed by atoms with Crippen molar-refractivity contribution in [2.45, 2.75) is 0 Å². The molecule has 0 fully saturated rings. The number of benzene rings is 2. The fourth-order valence-electron chi connectivity index (χ4n) is 1.64. The average Bonchev–Trinajstić information content (AvgIpc) is 2.43. The topological polar surface area (TPSA) is 67.1 Å². The second-order valence-corrected chi connectivity index (χ2v) is 4.56. The summed E-state index contributed by atoms with van der Waals surface area (Å²) in [5.74, 6) is -1.14. The molecule has 2 amide bonds. The second-order valence-electron chi connectivity index (χ2n) is 4.12. The van der Waals surface area contributed by atoms with Gasteiger partial charge in [-0.15, -0.1) is 0 Å². The summed E-state index contributed by atoms with van der Waals surface area (Å²) in [6.07, 6.45) is 0. The van der Waals surface area contributed by atoms with E-state index in [-0.39, 0.29) is 21.9 Å². The Morgan fingerprint density at radius 1 is 1.05 bits per heavy atom. The van der Waals surface area contributed by atoms with Crippen LogP contribution in [0.15, 0.2) is 42.5 Å². The van der Waals surface area contributed by atoms with Crippen LogP contribution in [0.2, 0.25) is 0 Å². The molecule has 0 aliphatic heterocycles. The van der Waals surface area contributed by atoms with Crippen LogP contribution in [0.1, 0.15) is 5.56 Å². The summed E-state index contributed by atoms with van der Waals surface area (Å²) in [7, 11) is 0. The molecule has 4 nitrogen and oxygen atoms in total. The summed E-state index contributed by atoms with van der Waals surface area (Å²) in [6, 6.07) is 8.84. The van der Waals surface area contributed by atoms with Crippen LogP contribution in [0, 0.1) is 11.6 Å². The number of urea groups is 1. The quantitative estimate of drug-likeness (QED) is 0.763. The molecule has 108 valence electrons. The van der Waals surface area contributed by atoms with E-state index < -0.39 is 17.7 Å². The van der Waals surface area contributed by atoms with Crippen LogP contribution in [0.25, 0.3) is 0 Å². The molecule has 0 unspecified atom stereocenters. The number of anilines is 2. The van der Waals surface area contributed by atoms with E-state index in [4.69, 9.17) is 18.0 Å². The van der Waals surface area contributed by atoms with Crippen molar-refractivity contribution >= 4 is 34.6 Å². The van der Waals surface area contributed by atoms with E-state index in [9.17, 15) is 13.6 Å². The standard InChI is InChI=1S/C14H11F2N3OS/c15-10-6-5-8(7-9(10)13(17)21)18-14(20)19-12-4-2-1-3-11(12)16/h1-7H,(H2,17,21)(H2,18,19,20). The van der Waals surface area contributed by atoms with Crippen molar-refractivity contribution in [3.05, 3.63) is 59.7 Å². The molecule has 0 radical (unpaired) electrons. The number of halogens is 2. The zero-order valence-corrected chi connectivity index (χ0v) is 11.5. The van der Waals surface area contributed by atoms with Gasteiger partial charge in [0.25, 0.3) is 0 Å². The number of nitrogens with two attached hydrogens (primary N) is 1. The zero-order chi connectivity index (χ0) is 15.4. The molecule has 7 heteroatoms. The monoisotopic (exact) mass is 307 g/mol. The zero-order valence-electron chi connectivity index (χ0n) is 10.7. The number of hydrogen-bond acceptors (Lipinski definition) is 2. The molecule has 0 aliphatic rings. The molecule has 4 N–H and O–H groups in total. The van der Waals surface area contributed by atoms with Crippen molar-refractivity contribution in [3.8, 4) is 0 Å². The van der Waals surface area contributed by atoms with E-state index >= 15 is 0 Å². The minimum atomic E-state index is -0.666. The van der Waals surface area contributed by atoms with Gasteiger partial charge in [0.1, 0.15) is 16.6 Å². The van der Waals surface area contributed by atoms with Crippen molar-refractivity contribution in [1.82, 2.24) is 0 Å². The van der Waals surface area contributed by atoms with Gasteiger partial charge in [-0.25, -0.2) is 13.6 Å². The van der Waals surface area contributed by atoms with Crippen molar-refractivity contribution in [3.63, 3.8) is 0 Å². The fourth-order valence-corrected chi connectivity index (χ4v) is 1.80. The number of thiocarbonyl (C=S) groups is 1. The van der Waals surface area contributed by atoms with E-state index in [2.05, 4.69) is 10.6 Å².